The van der Waals surface area contributed by atoms with E-state index in [9.17, 15) is 9.59 Å². The van der Waals surface area contributed by atoms with Crippen molar-refractivity contribution in [3.05, 3.63) is 29.8 Å². The van der Waals surface area contributed by atoms with Crippen LogP contribution in [0.5, 0.6) is 0 Å². The fraction of sp³-hybridized carbons (Fsp3) is 0.500. The Kier molecular flexibility index (Phi) is 7.51. The van der Waals surface area contributed by atoms with Gasteiger partial charge in [-0.1, -0.05) is 12.1 Å². The van der Waals surface area contributed by atoms with Crippen LogP contribution in [0, 0.1) is 5.92 Å². The van der Waals surface area contributed by atoms with Gasteiger partial charge in [-0.15, -0.1) is 12.4 Å². The number of benzene rings is 1. The molecule has 5 nitrogen and oxygen atoms in total. The average molecular weight is 326 g/mol. The molecule has 1 fully saturated rings. The molecule has 0 aliphatic carbocycles. The lowest BCUT2D eigenvalue weighted by atomic mass is 10.1. The Balaban J connectivity index is 0.00000242. The Morgan fingerprint density at radius 1 is 1.36 bits per heavy atom. The summed E-state index contributed by atoms with van der Waals surface area (Å²) in [7, 11) is 1.96. The highest BCUT2D eigenvalue weighted by atomic mass is 35.5. The molecule has 122 valence electrons. The van der Waals surface area contributed by atoms with E-state index in [-0.39, 0.29) is 24.1 Å². The van der Waals surface area contributed by atoms with Gasteiger partial charge < -0.3 is 10.6 Å². The zero-order valence-electron chi connectivity index (χ0n) is 13.1. The molecular weight excluding hydrogens is 302 g/mol. The molecule has 0 spiro atoms. The van der Waals surface area contributed by atoms with Gasteiger partial charge in [0.2, 0.25) is 5.91 Å². The van der Waals surface area contributed by atoms with E-state index in [1.807, 2.05) is 7.05 Å². The SMILES string of the molecule is CNCC1CCN(CC(=O)Nc2cccc(C(C)=O)c2)C1.Cl. The van der Waals surface area contributed by atoms with E-state index in [1.54, 1.807) is 24.3 Å². The topological polar surface area (TPSA) is 61.4 Å². The highest BCUT2D eigenvalue weighted by Crippen LogP contribution is 2.15. The first-order valence-electron chi connectivity index (χ1n) is 7.36. The first kappa shape index (κ1) is 18.6. The molecule has 1 aliphatic rings. The second-order valence-electron chi connectivity index (χ2n) is 5.63. The molecule has 0 bridgehead atoms. The van der Waals surface area contributed by atoms with Crippen LogP contribution in [0.3, 0.4) is 0 Å². The summed E-state index contributed by atoms with van der Waals surface area (Å²) in [6.07, 6.45) is 1.13. The van der Waals surface area contributed by atoms with Crippen LogP contribution in [0.1, 0.15) is 23.7 Å². The number of halogens is 1. The first-order chi connectivity index (χ1) is 10.1. The molecule has 2 N–H and O–H groups in total. The van der Waals surface area contributed by atoms with E-state index in [0.717, 1.165) is 26.1 Å². The van der Waals surface area contributed by atoms with Crippen LogP contribution < -0.4 is 10.6 Å². The number of likely N-dealkylation sites (tertiary alicyclic amines) is 1. The van der Waals surface area contributed by atoms with Gasteiger partial charge in [0.15, 0.2) is 5.78 Å². The van der Waals surface area contributed by atoms with Gasteiger partial charge >= 0.3 is 0 Å². The Bertz CT molecular complexity index is 522. The lowest BCUT2D eigenvalue weighted by Crippen LogP contribution is -2.32. The van der Waals surface area contributed by atoms with E-state index in [1.165, 1.54) is 6.92 Å². The molecule has 6 heteroatoms. The minimum atomic E-state index is -0.0270. The Morgan fingerprint density at radius 2 is 2.14 bits per heavy atom. The number of carbonyl (C=O) groups is 2. The van der Waals surface area contributed by atoms with Gasteiger partial charge in [0.25, 0.3) is 0 Å². The van der Waals surface area contributed by atoms with Crippen molar-refractivity contribution in [2.75, 3.05) is 38.5 Å². The third-order valence-corrected chi connectivity index (χ3v) is 3.78. The van der Waals surface area contributed by atoms with Gasteiger partial charge in [0, 0.05) is 17.8 Å². The molecule has 1 amide bonds. The number of rotatable bonds is 6. The number of carbonyl (C=O) groups excluding carboxylic acids is 2. The van der Waals surface area contributed by atoms with Crippen LogP contribution in [0.25, 0.3) is 0 Å². The van der Waals surface area contributed by atoms with Crippen LogP contribution in [0.15, 0.2) is 24.3 Å². The molecule has 1 unspecified atom stereocenters. The molecule has 2 rings (SSSR count). The predicted molar refractivity (Wildman–Crippen MR) is 90.8 cm³/mol. The molecule has 1 heterocycles. The molecule has 1 aliphatic heterocycles. The zero-order chi connectivity index (χ0) is 15.2. The van der Waals surface area contributed by atoms with Crippen molar-refractivity contribution in [2.45, 2.75) is 13.3 Å². The van der Waals surface area contributed by atoms with Gasteiger partial charge in [0.1, 0.15) is 0 Å². The standard InChI is InChI=1S/C16H23N3O2.ClH/c1-12(20)14-4-3-5-15(8-14)18-16(21)11-19-7-6-13(10-19)9-17-2;/h3-5,8,13,17H,6-7,9-11H2,1-2H3,(H,18,21);1H. The predicted octanol–water partition coefficient (Wildman–Crippen LogP) is 1.79. The number of hydrogen-bond acceptors (Lipinski definition) is 4. The van der Waals surface area contributed by atoms with Crippen molar-refractivity contribution in [3.63, 3.8) is 0 Å². The molecule has 1 aromatic carbocycles. The van der Waals surface area contributed by atoms with E-state index in [0.29, 0.717) is 23.7 Å². The smallest absolute Gasteiger partial charge is 0.238 e. The second-order valence-corrected chi connectivity index (χ2v) is 5.63. The number of amides is 1. The summed E-state index contributed by atoms with van der Waals surface area (Å²) in [5, 5.41) is 6.04. The van der Waals surface area contributed by atoms with Gasteiger partial charge in [-0.3, -0.25) is 14.5 Å². The zero-order valence-corrected chi connectivity index (χ0v) is 13.9. The highest BCUT2D eigenvalue weighted by molar-refractivity contribution is 5.97. The molecule has 22 heavy (non-hydrogen) atoms. The Morgan fingerprint density at radius 3 is 2.82 bits per heavy atom. The van der Waals surface area contributed by atoms with Gasteiger partial charge in [-0.2, -0.15) is 0 Å². The van der Waals surface area contributed by atoms with Crippen LogP contribution in [0.4, 0.5) is 5.69 Å². The van der Waals surface area contributed by atoms with Crippen molar-refractivity contribution in [2.24, 2.45) is 5.92 Å². The molecule has 1 atom stereocenters. The van der Waals surface area contributed by atoms with Crippen molar-refractivity contribution in [1.82, 2.24) is 10.2 Å². The highest BCUT2D eigenvalue weighted by Gasteiger charge is 2.23. The molecule has 1 aromatic rings. The summed E-state index contributed by atoms with van der Waals surface area (Å²) in [4.78, 5) is 25.6. The first-order valence-corrected chi connectivity index (χ1v) is 7.36. The van der Waals surface area contributed by atoms with Gasteiger partial charge in [-0.25, -0.2) is 0 Å². The fourth-order valence-electron chi connectivity index (χ4n) is 2.73. The minimum Gasteiger partial charge on any atom is -0.325 e. The quantitative estimate of drug-likeness (QED) is 0.783. The van der Waals surface area contributed by atoms with Crippen molar-refractivity contribution < 1.29 is 9.59 Å². The van der Waals surface area contributed by atoms with Gasteiger partial charge in [0.05, 0.1) is 6.54 Å². The van der Waals surface area contributed by atoms with Gasteiger partial charge in [-0.05, 0) is 51.5 Å². The van der Waals surface area contributed by atoms with Crippen LogP contribution in [-0.2, 0) is 4.79 Å². The lowest BCUT2D eigenvalue weighted by Gasteiger charge is -2.15. The van der Waals surface area contributed by atoms with Crippen molar-refractivity contribution >= 4 is 29.8 Å². The minimum absolute atomic E-state index is 0. The number of anilines is 1. The van der Waals surface area contributed by atoms with E-state index in [4.69, 9.17) is 0 Å². The number of hydrogen-bond donors (Lipinski definition) is 2. The van der Waals surface area contributed by atoms with Crippen molar-refractivity contribution in [1.29, 1.82) is 0 Å². The molecule has 1 saturated heterocycles. The van der Waals surface area contributed by atoms with Crippen LogP contribution in [-0.4, -0.2) is 49.8 Å². The summed E-state index contributed by atoms with van der Waals surface area (Å²) >= 11 is 0. The average Bonchev–Trinajstić information content (AvgIpc) is 2.86. The molecule has 0 saturated carbocycles. The summed E-state index contributed by atoms with van der Waals surface area (Å²) in [6, 6.07) is 7.05. The summed E-state index contributed by atoms with van der Waals surface area (Å²) < 4.78 is 0. The maximum absolute atomic E-state index is 12.1. The molecule has 0 radical (unpaired) electrons. The second kappa shape index (κ2) is 8.88. The number of nitrogens with one attached hydrogen (secondary N) is 2. The molecular formula is C16H24ClN3O2. The summed E-state index contributed by atoms with van der Waals surface area (Å²) in [5.74, 6) is 0.602. The van der Waals surface area contributed by atoms with E-state index < -0.39 is 0 Å². The van der Waals surface area contributed by atoms with Crippen LogP contribution in [0.2, 0.25) is 0 Å². The number of Topliss-reactive ketones (excluding diaryl/α,β-unsaturated/α-hetero) is 1. The maximum Gasteiger partial charge on any atom is 0.238 e. The Labute approximate surface area is 137 Å². The largest absolute Gasteiger partial charge is 0.325 e. The number of ketones is 1. The summed E-state index contributed by atoms with van der Waals surface area (Å²) in [6.45, 7) is 4.85. The number of nitrogens with zero attached hydrogens (tertiary/aromatic N) is 1. The fourth-order valence-corrected chi connectivity index (χ4v) is 2.73. The summed E-state index contributed by atoms with van der Waals surface area (Å²) in [5.41, 5.74) is 1.29. The monoisotopic (exact) mass is 325 g/mol. The maximum atomic E-state index is 12.1. The Hall–Kier alpha value is -1.43. The molecule has 0 aromatic heterocycles. The third-order valence-electron chi connectivity index (χ3n) is 3.78. The van der Waals surface area contributed by atoms with E-state index in [2.05, 4.69) is 15.5 Å². The lowest BCUT2D eigenvalue weighted by molar-refractivity contribution is -0.117. The normalized spacial score (nSPS) is 17.8. The van der Waals surface area contributed by atoms with E-state index >= 15 is 0 Å². The van der Waals surface area contributed by atoms with Crippen LogP contribution >= 0.6 is 12.4 Å². The van der Waals surface area contributed by atoms with Crippen molar-refractivity contribution in [3.8, 4) is 0 Å². The third kappa shape index (κ3) is 5.40.